The maximum atomic E-state index is 12.1. The Morgan fingerprint density at radius 3 is 2.56 bits per heavy atom. The Bertz CT molecular complexity index is 639. The van der Waals surface area contributed by atoms with Gasteiger partial charge in [-0.05, 0) is 19.3 Å². The van der Waals surface area contributed by atoms with Crippen LogP contribution in [-0.2, 0) is 6.42 Å². The van der Waals surface area contributed by atoms with Crippen molar-refractivity contribution in [3.05, 3.63) is 54.4 Å². The lowest BCUT2D eigenvalue weighted by atomic mass is 10.1. The van der Waals surface area contributed by atoms with Crippen LogP contribution in [0.3, 0.4) is 0 Å². The van der Waals surface area contributed by atoms with Gasteiger partial charge in [-0.15, -0.1) is 11.7 Å². The van der Waals surface area contributed by atoms with Gasteiger partial charge in [-0.1, -0.05) is 73.9 Å². The molecule has 1 aromatic carbocycles. The number of H-pyrrole nitrogens is 1. The van der Waals surface area contributed by atoms with Crippen LogP contribution in [0.25, 0.3) is 0 Å². The number of aromatic nitrogens is 3. The molecule has 5 heteroatoms. The van der Waals surface area contributed by atoms with Crippen LogP contribution in [-0.4, -0.2) is 26.7 Å². The van der Waals surface area contributed by atoms with Gasteiger partial charge in [0.1, 0.15) is 5.82 Å². The highest BCUT2D eigenvalue weighted by Gasteiger charge is 2.09. The number of aryl methyl sites for hydroxylation is 1. The number of benzene rings is 1. The van der Waals surface area contributed by atoms with Crippen molar-refractivity contribution < 1.29 is 4.79 Å². The minimum absolute atomic E-state index is 0.105. The summed E-state index contributed by atoms with van der Waals surface area (Å²) in [4.78, 5) is 16.5. The van der Waals surface area contributed by atoms with Gasteiger partial charge in [0.05, 0.1) is 5.75 Å². The number of aromatic amines is 1. The van der Waals surface area contributed by atoms with Crippen molar-refractivity contribution in [1.82, 2.24) is 15.2 Å². The fraction of sp³-hybridized carbons (Fsp3) is 0.450. The molecule has 1 heterocycles. The second kappa shape index (κ2) is 11.6. The third-order valence-corrected chi connectivity index (χ3v) is 4.86. The molecule has 0 amide bonds. The van der Waals surface area contributed by atoms with Crippen LogP contribution >= 0.6 is 11.8 Å². The normalized spacial score (nSPS) is 10.7. The molecular weight excluding hydrogens is 330 g/mol. The zero-order valence-electron chi connectivity index (χ0n) is 14.7. The molecule has 2 aromatic rings. The van der Waals surface area contributed by atoms with E-state index in [0.29, 0.717) is 10.9 Å². The first-order chi connectivity index (χ1) is 12.3. The van der Waals surface area contributed by atoms with Crippen molar-refractivity contribution >= 4 is 17.5 Å². The van der Waals surface area contributed by atoms with Gasteiger partial charge in [0.2, 0.25) is 5.16 Å². The summed E-state index contributed by atoms with van der Waals surface area (Å²) in [5, 5.41) is 7.84. The van der Waals surface area contributed by atoms with E-state index in [-0.39, 0.29) is 5.78 Å². The number of rotatable bonds is 13. The molecule has 25 heavy (non-hydrogen) atoms. The summed E-state index contributed by atoms with van der Waals surface area (Å²) in [6.07, 6.45) is 11.5. The Kier molecular flexibility index (Phi) is 9.05. The minimum Gasteiger partial charge on any atom is -0.293 e. The van der Waals surface area contributed by atoms with Gasteiger partial charge in [0.15, 0.2) is 5.78 Å². The molecule has 0 aliphatic rings. The largest absolute Gasteiger partial charge is 0.293 e. The van der Waals surface area contributed by atoms with Crippen LogP contribution in [0.4, 0.5) is 0 Å². The Labute approximate surface area is 154 Å². The van der Waals surface area contributed by atoms with Crippen LogP contribution in [0.2, 0.25) is 0 Å². The van der Waals surface area contributed by atoms with Gasteiger partial charge >= 0.3 is 0 Å². The van der Waals surface area contributed by atoms with Crippen molar-refractivity contribution in [2.45, 2.75) is 56.5 Å². The quantitative estimate of drug-likeness (QED) is 0.230. The second-order valence-corrected chi connectivity index (χ2v) is 7.03. The number of nitrogens with zero attached hydrogens (tertiary/aromatic N) is 2. The molecule has 0 bridgehead atoms. The lowest BCUT2D eigenvalue weighted by Crippen LogP contribution is -2.02. The van der Waals surface area contributed by atoms with Crippen LogP contribution in [0.5, 0.6) is 0 Å². The van der Waals surface area contributed by atoms with E-state index >= 15 is 0 Å². The Morgan fingerprint density at radius 2 is 1.80 bits per heavy atom. The highest BCUT2D eigenvalue weighted by molar-refractivity contribution is 7.99. The lowest BCUT2D eigenvalue weighted by molar-refractivity contribution is 0.102. The first-order valence-corrected chi connectivity index (χ1v) is 10.0. The molecule has 0 atom stereocenters. The fourth-order valence-electron chi connectivity index (χ4n) is 2.58. The van der Waals surface area contributed by atoms with E-state index in [1.807, 2.05) is 36.4 Å². The summed E-state index contributed by atoms with van der Waals surface area (Å²) in [6.45, 7) is 3.74. The Morgan fingerprint density at radius 1 is 1.08 bits per heavy atom. The maximum Gasteiger partial charge on any atom is 0.208 e. The average molecular weight is 358 g/mol. The third kappa shape index (κ3) is 7.69. The van der Waals surface area contributed by atoms with Crippen LogP contribution < -0.4 is 0 Å². The molecule has 2 rings (SSSR count). The number of Topliss-reactive ketones (excluding diaryl/α,β-unsaturated/α-hetero) is 1. The molecule has 4 nitrogen and oxygen atoms in total. The predicted octanol–water partition coefficient (Wildman–Crippen LogP) is 5.24. The number of thioether (sulfide) groups is 1. The van der Waals surface area contributed by atoms with E-state index in [1.54, 1.807) is 0 Å². The summed E-state index contributed by atoms with van der Waals surface area (Å²) in [7, 11) is 0. The van der Waals surface area contributed by atoms with Crippen molar-refractivity contribution in [3.63, 3.8) is 0 Å². The molecule has 1 aromatic heterocycles. The number of hydrogen-bond donors (Lipinski definition) is 1. The molecular formula is C20H27N3OS. The molecule has 134 valence electrons. The predicted molar refractivity (Wildman–Crippen MR) is 104 cm³/mol. The van der Waals surface area contributed by atoms with E-state index in [9.17, 15) is 4.79 Å². The van der Waals surface area contributed by atoms with Gasteiger partial charge in [0, 0.05) is 12.0 Å². The summed E-state index contributed by atoms with van der Waals surface area (Å²) < 4.78 is 0. The Hall–Kier alpha value is -1.88. The summed E-state index contributed by atoms with van der Waals surface area (Å²) in [5.74, 6) is 1.39. The van der Waals surface area contributed by atoms with Gasteiger partial charge < -0.3 is 0 Å². The van der Waals surface area contributed by atoms with Crippen molar-refractivity contribution in [3.8, 4) is 0 Å². The number of nitrogens with one attached hydrogen (secondary N) is 1. The highest BCUT2D eigenvalue weighted by atomic mass is 32.2. The average Bonchev–Trinajstić information content (AvgIpc) is 3.10. The second-order valence-electron chi connectivity index (χ2n) is 6.09. The zero-order chi connectivity index (χ0) is 17.7. The Balaban J connectivity index is 1.60. The van der Waals surface area contributed by atoms with E-state index < -0.39 is 0 Å². The van der Waals surface area contributed by atoms with Gasteiger partial charge in [-0.3, -0.25) is 9.89 Å². The van der Waals surface area contributed by atoms with Crippen LogP contribution in [0.15, 0.2) is 48.1 Å². The maximum absolute atomic E-state index is 12.1. The van der Waals surface area contributed by atoms with Crippen molar-refractivity contribution in [2.75, 3.05) is 5.75 Å². The monoisotopic (exact) mass is 357 g/mol. The molecule has 1 N–H and O–H groups in total. The number of ketones is 1. The number of unbranched alkanes of at least 4 members (excludes halogenated alkanes) is 6. The number of hydrogen-bond acceptors (Lipinski definition) is 4. The molecule has 0 aliphatic heterocycles. The van der Waals surface area contributed by atoms with Crippen molar-refractivity contribution in [2.24, 2.45) is 0 Å². The highest BCUT2D eigenvalue weighted by Crippen LogP contribution is 2.16. The number of carbonyl (C=O) groups excluding carboxylic acids is 1. The van der Waals surface area contributed by atoms with Gasteiger partial charge in [0.25, 0.3) is 0 Å². The van der Waals surface area contributed by atoms with E-state index in [1.165, 1.54) is 43.9 Å². The summed E-state index contributed by atoms with van der Waals surface area (Å²) in [5.41, 5.74) is 0.735. The van der Waals surface area contributed by atoms with E-state index in [2.05, 4.69) is 21.8 Å². The van der Waals surface area contributed by atoms with E-state index in [4.69, 9.17) is 0 Å². The van der Waals surface area contributed by atoms with Crippen LogP contribution in [0, 0.1) is 0 Å². The first kappa shape index (κ1) is 19.4. The molecule has 0 saturated carbocycles. The zero-order valence-corrected chi connectivity index (χ0v) is 15.6. The summed E-state index contributed by atoms with van der Waals surface area (Å²) >= 11 is 1.39. The third-order valence-electron chi connectivity index (χ3n) is 4.01. The summed E-state index contributed by atoms with van der Waals surface area (Å²) in [6, 6.07) is 9.34. The smallest absolute Gasteiger partial charge is 0.208 e. The fourth-order valence-corrected chi connectivity index (χ4v) is 3.29. The topological polar surface area (TPSA) is 58.6 Å². The van der Waals surface area contributed by atoms with E-state index in [0.717, 1.165) is 30.7 Å². The number of carbonyl (C=O) groups is 1. The SMILES string of the molecule is C=CCCCCCCCCc1nc(SCC(=O)c2ccccc2)n[nH]1. The molecule has 0 unspecified atom stereocenters. The standard InChI is InChI=1S/C20H27N3OS/c1-2-3-4-5-6-7-8-12-15-19-21-20(23-22-19)25-16-18(24)17-13-10-9-11-14-17/h2,9-11,13-14H,1,3-8,12,15-16H2,(H,21,22,23). The molecule has 0 aliphatic carbocycles. The lowest BCUT2D eigenvalue weighted by Gasteiger charge is -1.99. The van der Waals surface area contributed by atoms with Gasteiger partial charge in [-0.2, -0.15) is 0 Å². The molecule has 0 spiro atoms. The first-order valence-electron chi connectivity index (χ1n) is 9.03. The van der Waals surface area contributed by atoms with Gasteiger partial charge in [-0.25, -0.2) is 4.98 Å². The van der Waals surface area contributed by atoms with Crippen molar-refractivity contribution in [1.29, 1.82) is 0 Å². The minimum atomic E-state index is 0.105. The number of allylic oxidation sites excluding steroid dienone is 1. The van der Waals surface area contributed by atoms with Crippen LogP contribution in [0.1, 0.15) is 61.1 Å². The molecule has 0 saturated heterocycles. The molecule has 0 fully saturated rings. The molecule has 0 radical (unpaired) electrons.